The van der Waals surface area contributed by atoms with Crippen molar-refractivity contribution in [1.82, 2.24) is 29.1 Å². The van der Waals surface area contributed by atoms with Gasteiger partial charge >= 0.3 is 0 Å². The van der Waals surface area contributed by atoms with Gasteiger partial charge in [0.25, 0.3) is 10.2 Å². The van der Waals surface area contributed by atoms with E-state index in [1.807, 2.05) is 0 Å². The van der Waals surface area contributed by atoms with Gasteiger partial charge in [-0.2, -0.15) is 17.4 Å². The fourth-order valence-corrected chi connectivity index (χ4v) is 2.65. The van der Waals surface area contributed by atoms with Crippen LogP contribution in [-0.2, 0) is 23.8 Å². The van der Waals surface area contributed by atoms with Gasteiger partial charge < -0.3 is 9.88 Å². The van der Waals surface area contributed by atoms with E-state index in [1.54, 1.807) is 18.7 Å². The molecule has 1 saturated carbocycles. The Morgan fingerprint density at radius 2 is 2.25 bits per heavy atom. The molecule has 1 aromatic heterocycles. The minimum Gasteiger partial charge on any atom is -0.320 e. The highest BCUT2D eigenvalue weighted by Gasteiger charge is 2.21. The van der Waals surface area contributed by atoms with Gasteiger partial charge in [0, 0.05) is 26.7 Å². The van der Waals surface area contributed by atoms with Crippen LogP contribution >= 0.6 is 0 Å². The molecule has 0 atom stereocenters. The summed E-state index contributed by atoms with van der Waals surface area (Å²) in [5.41, 5.74) is 0. The van der Waals surface area contributed by atoms with Gasteiger partial charge in [0.1, 0.15) is 12.2 Å². The number of nitrogens with zero attached hydrogens (tertiary/aromatic N) is 4. The van der Waals surface area contributed by atoms with Crippen LogP contribution < -0.4 is 10.0 Å². The molecule has 8 nitrogen and oxygen atoms in total. The molecule has 114 valence electrons. The lowest BCUT2D eigenvalue weighted by Gasteiger charge is -2.17. The average Bonchev–Trinajstić information content (AvgIpc) is 3.14. The molecule has 0 saturated heterocycles. The summed E-state index contributed by atoms with van der Waals surface area (Å²) < 4.78 is 29.6. The molecule has 1 aliphatic carbocycles. The molecule has 20 heavy (non-hydrogen) atoms. The highest BCUT2D eigenvalue weighted by Crippen LogP contribution is 2.18. The predicted octanol–water partition coefficient (Wildman–Crippen LogP) is -0.777. The fraction of sp³-hybridized carbons (Fsp3) is 0.818. The van der Waals surface area contributed by atoms with Gasteiger partial charge in [0.05, 0.1) is 6.54 Å². The first-order valence-corrected chi connectivity index (χ1v) is 8.20. The van der Waals surface area contributed by atoms with Gasteiger partial charge in [0.2, 0.25) is 0 Å². The Hall–Kier alpha value is -1.03. The standard InChI is InChI=1S/C11H22N6O2S/c1-16-9-13-15-11(16)8-14-20(18,19)17(2)7-3-6-12-10-4-5-10/h9-10,12,14H,3-8H2,1-2H3. The van der Waals surface area contributed by atoms with Crippen molar-refractivity contribution < 1.29 is 8.42 Å². The first-order valence-electron chi connectivity index (χ1n) is 6.76. The molecule has 0 aromatic carbocycles. The quantitative estimate of drug-likeness (QED) is 0.584. The zero-order chi connectivity index (χ0) is 14.6. The zero-order valence-corrected chi connectivity index (χ0v) is 12.7. The molecule has 1 fully saturated rings. The summed E-state index contributed by atoms with van der Waals surface area (Å²) >= 11 is 0. The Labute approximate surface area is 119 Å². The lowest BCUT2D eigenvalue weighted by molar-refractivity contribution is 0.443. The van der Waals surface area contributed by atoms with Crippen molar-refractivity contribution in [2.24, 2.45) is 7.05 Å². The van der Waals surface area contributed by atoms with Gasteiger partial charge in [-0.3, -0.25) is 0 Å². The smallest absolute Gasteiger partial charge is 0.279 e. The second kappa shape index (κ2) is 6.61. The highest BCUT2D eigenvalue weighted by atomic mass is 32.2. The first kappa shape index (κ1) is 15.4. The fourth-order valence-electron chi connectivity index (χ4n) is 1.75. The second-order valence-electron chi connectivity index (χ2n) is 5.09. The topological polar surface area (TPSA) is 92.2 Å². The van der Waals surface area contributed by atoms with E-state index in [1.165, 1.54) is 23.5 Å². The maximum absolute atomic E-state index is 12.0. The Bertz CT molecular complexity index is 525. The van der Waals surface area contributed by atoms with Gasteiger partial charge in [-0.1, -0.05) is 0 Å². The van der Waals surface area contributed by atoms with E-state index in [2.05, 4.69) is 20.2 Å². The third kappa shape index (κ3) is 4.51. The van der Waals surface area contributed by atoms with Crippen molar-refractivity contribution >= 4 is 10.2 Å². The van der Waals surface area contributed by atoms with Gasteiger partial charge in [-0.25, -0.2) is 0 Å². The van der Waals surface area contributed by atoms with E-state index in [4.69, 9.17) is 0 Å². The van der Waals surface area contributed by atoms with Crippen molar-refractivity contribution in [2.75, 3.05) is 20.1 Å². The van der Waals surface area contributed by atoms with Crippen molar-refractivity contribution in [1.29, 1.82) is 0 Å². The average molecular weight is 302 g/mol. The molecular weight excluding hydrogens is 280 g/mol. The molecule has 0 aliphatic heterocycles. The van der Waals surface area contributed by atoms with Crippen LogP contribution in [-0.4, -0.2) is 53.7 Å². The van der Waals surface area contributed by atoms with Crippen LogP contribution in [0.4, 0.5) is 0 Å². The minimum absolute atomic E-state index is 0.142. The lowest BCUT2D eigenvalue weighted by atomic mass is 10.4. The molecule has 0 spiro atoms. The van der Waals surface area contributed by atoms with Crippen LogP contribution in [0.15, 0.2) is 6.33 Å². The third-order valence-corrected chi connectivity index (χ3v) is 4.80. The van der Waals surface area contributed by atoms with Crippen molar-refractivity contribution in [3.8, 4) is 0 Å². The molecule has 0 radical (unpaired) electrons. The van der Waals surface area contributed by atoms with Gasteiger partial charge in [-0.05, 0) is 25.8 Å². The van der Waals surface area contributed by atoms with E-state index in [0.717, 1.165) is 13.0 Å². The summed E-state index contributed by atoms with van der Waals surface area (Å²) in [4.78, 5) is 0. The maximum atomic E-state index is 12.0. The zero-order valence-electron chi connectivity index (χ0n) is 11.9. The van der Waals surface area contributed by atoms with Crippen LogP contribution in [0.5, 0.6) is 0 Å². The van der Waals surface area contributed by atoms with Crippen molar-refractivity contribution in [3.05, 3.63) is 12.2 Å². The number of rotatable bonds is 9. The summed E-state index contributed by atoms with van der Waals surface area (Å²) in [7, 11) is -0.110. The van der Waals surface area contributed by atoms with Gasteiger partial charge in [0.15, 0.2) is 0 Å². The highest BCUT2D eigenvalue weighted by molar-refractivity contribution is 7.87. The predicted molar refractivity (Wildman–Crippen MR) is 75.0 cm³/mol. The van der Waals surface area contributed by atoms with E-state index < -0.39 is 10.2 Å². The number of aryl methyl sites for hydroxylation is 1. The second-order valence-corrected chi connectivity index (χ2v) is 6.95. The lowest BCUT2D eigenvalue weighted by Crippen LogP contribution is -2.39. The van der Waals surface area contributed by atoms with Crippen LogP contribution in [0, 0.1) is 0 Å². The monoisotopic (exact) mass is 302 g/mol. The molecule has 9 heteroatoms. The Kier molecular flexibility index (Phi) is 5.08. The number of hydrogen-bond acceptors (Lipinski definition) is 5. The molecule has 1 aromatic rings. The molecule has 2 rings (SSSR count). The van der Waals surface area contributed by atoms with Gasteiger partial charge in [-0.15, -0.1) is 10.2 Å². The largest absolute Gasteiger partial charge is 0.320 e. The maximum Gasteiger partial charge on any atom is 0.279 e. The Morgan fingerprint density at radius 1 is 1.50 bits per heavy atom. The molecule has 0 amide bonds. The summed E-state index contributed by atoms with van der Waals surface area (Å²) in [6.45, 7) is 1.49. The molecule has 0 bridgehead atoms. The van der Waals surface area contributed by atoms with Crippen LogP contribution in [0.25, 0.3) is 0 Å². The third-order valence-electron chi connectivity index (χ3n) is 3.29. The van der Waals surface area contributed by atoms with Crippen LogP contribution in [0.2, 0.25) is 0 Å². The summed E-state index contributed by atoms with van der Waals surface area (Å²) in [5, 5.41) is 10.9. The SMILES string of the molecule is CN(CCCNC1CC1)S(=O)(=O)NCc1nncn1C. The Balaban J connectivity index is 1.71. The minimum atomic E-state index is -3.46. The van der Waals surface area contributed by atoms with E-state index in [-0.39, 0.29) is 6.54 Å². The van der Waals surface area contributed by atoms with Crippen LogP contribution in [0.1, 0.15) is 25.1 Å². The number of nitrogens with one attached hydrogen (secondary N) is 2. The first-order chi connectivity index (χ1) is 9.49. The molecule has 0 unspecified atom stereocenters. The molecular formula is C11H22N6O2S. The molecule has 2 N–H and O–H groups in total. The van der Waals surface area contributed by atoms with Crippen LogP contribution in [0.3, 0.4) is 0 Å². The molecule has 1 aliphatic rings. The number of hydrogen-bond donors (Lipinski definition) is 2. The Morgan fingerprint density at radius 3 is 2.85 bits per heavy atom. The summed E-state index contributed by atoms with van der Waals surface area (Å²) in [6, 6.07) is 0.658. The number of aromatic nitrogens is 3. The van der Waals surface area contributed by atoms with E-state index in [0.29, 0.717) is 18.4 Å². The summed E-state index contributed by atoms with van der Waals surface area (Å²) in [6.07, 6.45) is 4.83. The van der Waals surface area contributed by atoms with E-state index in [9.17, 15) is 8.42 Å². The normalized spacial score (nSPS) is 15.9. The van der Waals surface area contributed by atoms with E-state index >= 15 is 0 Å². The van der Waals surface area contributed by atoms with Crippen molar-refractivity contribution in [3.63, 3.8) is 0 Å². The molecule has 1 heterocycles. The van der Waals surface area contributed by atoms with Crippen molar-refractivity contribution in [2.45, 2.75) is 31.8 Å². The summed E-state index contributed by atoms with van der Waals surface area (Å²) in [5.74, 6) is 0.581.